The summed E-state index contributed by atoms with van der Waals surface area (Å²) < 4.78 is 26.2. The van der Waals surface area contributed by atoms with Gasteiger partial charge in [-0.05, 0) is 25.1 Å². The smallest absolute Gasteiger partial charge is 0.243 e. The molecule has 1 aromatic carbocycles. The van der Waals surface area contributed by atoms with Crippen molar-refractivity contribution in [1.82, 2.24) is 9.21 Å². The first-order valence-electron chi connectivity index (χ1n) is 5.86. The van der Waals surface area contributed by atoms with Gasteiger partial charge in [-0.25, -0.2) is 8.42 Å². The highest BCUT2D eigenvalue weighted by molar-refractivity contribution is 7.89. The van der Waals surface area contributed by atoms with E-state index in [1.165, 1.54) is 21.3 Å². The van der Waals surface area contributed by atoms with Gasteiger partial charge in [0.1, 0.15) is 6.04 Å². The third-order valence-corrected chi connectivity index (χ3v) is 5.43. The number of carbonyl (C=O) groups is 1. The number of rotatable bonds is 2. The minimum atomic E-state index is -3.69. The van der Waals surface area contributed by atoms with Gasteiger partial charge in [0.05, 0.1) is 4.90 Å². The fourth-order valence-electron chi connectivity index (χ4n) is 2.09. The molecule has 1 aliphatic rings. The Morgan fingerprint density at radius 3 is 2.63 bits per heavy atom. The molecule has 1 fully saturated rings. The summed E-state index contributed by atoms with van der Waals surface area (Å²) in [6, 6.07) is 5.38. The Bertz CT molecular complexity index is 603. The topological polar surface area (TPSA) is 57.7 Å². The highest BCUT2D eigenvalue weighted by atomic mass is 35.5. The van der Waals surface area contributed by atoms with E-state index in [-0.39, 0.29) is 17.3 Å². The maximum absolute atomic E-state index is 12.5. The minimum absolute atomic E-state index is 0.115. The summed E-state index contributed by atoms with van der Waals surface area (Å²) in [4.78, 5) is 13.5. The molecule has 0 N–H and O–H groups in total. The van der Waals surface area contributed by atoms with Crippen molar-refractivity contribution in [3.63, 3.8) is 0 Å². The van der Waals surface area contributed by atoms with Gasteiger partial charge in [0.15, 0.2) is 0 Å². The Morgan fingerprint density at radius 2 is 2.00 bits per heavy atom. The van der Waals surface area contributed by atoms with Crippen LogP contribution < -0.4 is 0 Å². The second-order valence-corrected chi connectivity index (χ2v) is 6.84. The Morgan fingerprint density at radius 1 is 1.32 bits per heavy atom. The fraction of sp³-hybridized carbons (Fsp3) is 0.417. The van der Waals surface area contributed by atoms with Crippen LogP contribution in [0.4, 0.5) is 0 Å². The molecule has 104 valence electrons. The summed E-state index contributed by atoms with van der Waals surface area (Å²) in [5.41, 5.74) is 0. The molecule has 7 heteroatoms. The first kappa shape index (κ1) is 14.3. The minimum Gasteiger partial charge on any atom is -0.343 e. The molecule has 1 aliphatic heterocycles. The van der Waals surface area contributed by atoms with Gasteiger partial charge < -0.3 is 4.90 Å². The number of carbonyl (C=O) groups excluding carboxylic acids is 1. The molecule has 1 amide bonds. The SMILES string of the molecule is CC1C(=O)N(C)CCN1S(=O)(=O)c1cccc(Cl)c1. The third-order valence-electron chi connectivity index (χ3n) is 3.22. The predicted molar refractivity (Wildman–Crippen MR) is 72.4 cm³/mol. The molecule has 1 saturated heterocycles. The Labute approximate surface area is 117 Å². The first-order chi connectivity index (χ1) is 8.84. The molecule has 1 unspecified atom stereocenters. The molecule has 0 bridgehead atoms. The van der Waals surface area contributed by atoms with E-state index in [0.717, 1.165) is 0 Å². The maximum Gasteiger partial charge on any atom is 0.243 e. The molecule has 5 nitrogen and oxygen atoms in total. The predicted octanol–water partition coefficient (Wildman–Crippen LogP) is 1.19. The van der Waals surface area contributed by atoms with Crippen molar-refractivity contribution in [3.8, 4) is 0 Å². The van der Waals surface area contributed by atoms with Gasteiger partial charge in [-0.15, -0.1) is 0 Å². The molecular formula is C12H15ClN2O3S. The zero-order valence-corrected chi connectivity index (χ0v) is 12.3. The largest absolute Gasteiger partial charge is 0.343 e. The second kappa shape index (κ2) is 5.11. The highest BCUT2D eigenvalue weighted by Gasteiger charge is 2.37. The molecule has 1 heterocycles. The lowest BCUT2D eigenvalue weighted by Gasteiger charge is -2.36. The lowest BCUT2D eigenvalue weighted by atomic mass is 10.2. The zero-order chi connectivity index (χ0) is 14.2. The molecule has 1 atom stereocenters. The van der Waals surface area contributed by atoms with Crippen molar-refractivity contribution in [2.24, 2.45) is 0 Å². The number of likely N-dealkylation sites (N-methyl/N-ethyl adjacent to an activating group) is 1. The molecule has 19 heavy (non-hydrogen) atoms. The van der Waals surface area contributed by atoms with Crippen LogP contribution in [-0.4, -0.2) is 49.7 Å². The van der Waals surface area contributed by atoms with Crippen molar-refractivity contribution in [2.75, 3.05) is 20.1 Å². The second-order valence-electron chi connectivity index (χ2n) is 4.51. The van der Waals surface area contributed by atoms with Gasteiger partial charge in [-0.3, -0.25) is 4.79 Å². The van der Waals surface area contributed by atoms with Gasteiger partial charge in [-0.1, -0.05) is 17.7 Å². The van der Waals surface area contributed by atoms with E-state index in [4.69, 9.17) is 11.6 Å². The summed E-state index contributed by atoms with van der Waals surface area (Å²) in [7, 11) is -2.02. The lowest BCUT2D eigenvalue weighted by Crippen LogP contribution is -2.56. The van der Waals surface area contributed by atoms with Gasteiger partial charge in [0, 0.05) is 25.2 Å². The first-order valence-corrected chi connectivity index (χ1v) is 7.68. The van der Waals surface area contributed by atoms with Crippen LogP contribution in [0, 0.1) is 0 Å². The summed E-state index contributed by atoms with van der Waals surface area (Å²) in [5, 5.41) is 0.356. The van der Waals surface area contributed by atoms with E-state index < -0.39 is 16.1 Å². The van der Waals surface area contributed by atoms with Crippen LogP contribution in [0.3, 0.4) is 0 Å². The van der Waals surface area contributed by atoms with Crippen molar-refractivity contribution in [3.05, 3.63) is 29.3 Å². The number of nitrogens with zero attached hydrogens (tertiary/aromatic N) is 2. The number of hydrogen-bond acceptors (Lipinski definition) is 3. The number of hydrogen-bond donors (Lipinski definition) is 0. The maximum atomic E-state index is 12.5. The number of halogens is 1. The van der Waals surface area contributed by atoms with E-state index in [2.05, 4.69) is 0 Å². The number of piperazine rings is 1. The molecule has 0 aliphatic carbocycles. The molecule has 0 saturated carbocycles. The van der Waals surface area contributed by atoms with E-state index in [9.17, 15) is 13.2 Å². The van der Waals surface area contributed by atoms with Gasteiger partial charge >= 0.3 is 0 Å². The van der Waals surface area contributed by atoms with Crippen molar-refractivity contribution >= 4 is 27.5 Å². The van der Waals surface area contributed by atoms with E-state index in [1.54, 1.807) is 26.1 Å². The standard InChI is InChI=1S/C12H15ClN2O3S/c1-9-12(16)14(2)6-7-15(9)19(17,18)11-5-3-4-10(13)8-11/h3-5,8-9H,6-7H2,1-2H3. The zero-order valence-electron chi connectivity index (χ0n) is 10.7. The molecule has 1 aromatic rings. The Kier molecular flexibility index (Phi) is 3.85. The average Bonchev–Trinajstić information content (AvgIpc) is 2.36. The molecular weight excluding hydrogens is 288 g/mol. The van der Waals surface area contributed by atoms with Crippen LogP contribution in [0.2, 0.25) is 5.02 Å². The quantitative estimate of drug-likeness (QED) is 0.824. The molecule has 0 aromatic heterocycles. The lowest BCUT2D eigenvalue weighted by molar-refractivity contribution is -0.136. The summed E-state index contributed by atoms with van der Waals surface area (Å²) >= 11 is 5.82. The van der Waals surface area contributed by atoms with Crippen molar-refractivity contribution in [1.29, 1.82) is 0 Å². The third kappa shape index (κ3) is 2.61. The van der Waals surface area contributed by atoms with Crippen LogP contribution in [-0.2, 0) is 14.8 Å². The monoisotopic (exact) mass is 302 g/mol. The van der Waals surface area contributed by atoms with Crippen LogP contribution in [0.5, 0.6) is 0 Å². The number of benzene rings is 1. The summed E-state index contributed by atoms with van der Waals surface area (Å²) in [5.74, 6) is -0.197. The fourth-order valence-corrected chi connectivity index (χ4v) is 3.97. The van der Waals surface area contributed by atoms with Crippen LogP contribution in [0.15, 0.2) is 29.2 Å². The van der Waals surface area contributed by atoms with Gasteiger partial charge in [-0.2, -0.15) is 4.31 Å². The summed E-state index contributed by atoms with van der Waals surface area (Å²) in [6.45, 7) is 2.28. The van der Waals surface area contributed by atoms with E-state index in [0.29, 0.717) is 11.6 Å². The van der Waals surface area contributed by atoms with E-state index >= 15 is 0 Å². The normalized spacial score (nSPS) is 21.7. The van der Waals surface area contributed by atoms with E-state index in [1.807, 2.05) is 0 Å². The van der Waals surface area contributed by atoms with Crippen LogP contribution in [0.25, 0.3) is 0 Å². The van der Waals surface area contributed by atoms with Crippen LogP contribution >= 0.6 is 11.6 Å². The van der Waals surface area contributed by atoms with Crippen LogP contribution in [0.1, 0.15) is 6.92 Å². The number of sulfonamides is 1. The van der Waals surface area contributed by atoms with Crippen molar-refractivity contribution < 1.29 is 13.2 Å². The molecule has 0 spiro atoms. The van der Waals surface area contributed by atoms with Crippen molar-refractivity contribution in [2.45, 2.75) is 17.9 Å². The Hall–Kier alpha value is -1.11. The van der Waals surface area contributed by atoms with Gasteiger partial charge in [0.25, 0.3) is 0 Å². The highest BCUT2D eigenvalue weighted by Crippen LogP contribution is 2.23. The molecule has 0 radical (unpaired) electrons. The average molecular weight is 303 g/mol. The summed E-state index contributed by atoms with van der Waals surface area (Å²) in [6.07, 6.45) is 0. The Balaban J connectivity index is 2.38. The molecule has 2 rings (SSSR count). The van der Waals surface area contributed by atoms with Gasteiger partial charge in [0.2, 0.25) is 15.9 Å². The number of amides is 1.